The number of aromatic nitrogens is 1. The van der Waals surface area contributed by atoms with Crippen LogP contribution in [0.1, 0.15) is 89.0 Å². The van der Waals surface area contributed by atoms with Crippen molar-refractivity contribution in [3.8, 4) is 0 Å². The van der Waals surface area contributed by atoms with Crippen LogP contribution in [0.2, 0.25) is 0 Å². The van der Waals surface area contributed by atoms with Crippen molar-refractivity contribution in [2.75, 3.05) is 45.9 Å². The number of hydrogen-bond donors (Lipinski definition) is 2. The molecule has 9 nitrogen and oxygen atoms in total. The van der Waals surface area contributed by atoms with Gasteiger partial charge >= 0.3 is 6.03 Å². The summed E-state index contributed by atoms with van der Waals surface area (Å²) in [5, 5.41) is 5.77. The van der Waals surface area contributed by atoms with Gasteiger partial charge in [0.25, 0.3) is 0 Å². The van der Waals surface area contributed by atoms with Crippen LogP contribution in [-0.4, -0.2) is 80.5 Å². The molecule has 2 N–H and O–H groups in total. The Kier molecular flexibility index (Phi) is 14.6. The summed E-state index contributed by atoms with van der Waals surface area (Å²) in [6, 6.07) is 3.66. The lowest BCUT2D eigenvalue weighted by Gasteiger charge is -2.47. The lowest BCUT2D eigenvalue weighted by atomic mass is 9.78. The fourth-order valence-corrected chi connectivity index (χ4v) is 6.67. The van der Waals surface area contributed by atoms with E-state index < -0.39 is 11.3 Å². The molecule has 2 heterocycles. The molecule has 0 bridgehead atoms. The van der Waals surface area contributed by atoms with E-state index in [0.717, 1.165) is 115 Å². The maximum atomic E-state index is 12.3. The molecule has 1 aliphatic heterocycles. The van der Waals surface area contributed by atoms with Gasteiger partial charge in [0, 0.05) is 61.9 Å². The van der Waals surface area contributed by atoms with Crippen molar-refractivity contribution in [1.29, 1.82) is 0 Å². The van der Waals surface area contributed by atoms with Crippen LogP contribution in [0.25, 0.3) is 0 Å². The van der Waals surface area contributed by atoms with E-state index in [9.17, 15) is 13.6 Å². The van der Waals surface area contributed by atoms with E-state index in [4.69, 9.17) is 4.74 Å². The average Bonchev–Trinajstić information content (AvgIpc) is 2.94. The number of ether oxygens (including phenoxy) is 1. The summed E-state index contributed by atoms with van der Waals surface area (Å²) in [6.07, 6.45) is 17.3. The predicted octanol–water partition coefficient (Wildman–Crippen LogP) is 4.13. The van der Waals surface area contributed by atoms with Crippen molar-refractivity contribution in [3.63, 3.8) is 0 Å². The first-order valence-corrected chi connectivity index (χ1v) is 15.7. The SMILES string of the molecule is O=C(NCCCCCCCCC1(N(CCCN2CCOCC2)S(=O)[O-])CCCCC1)NCc1cccnc1. The van der Waals surface area contributed by atoms with Crippen LogP contribution in [0, 0.1) is 0 Å². The van der Waals surface area contributed by atoms with E-state index in [1.165, 1.54) is 6.42 Å². The number of nitrogens with one attached hydrogen (secondary N) is 2. The number of rotatable bonds is 17. The lowest BCUT2D eigenvalue weighted by molar-refractivity contribution is 0.0346. The largest absolute Gasteiger partial charge is 0.760 e. The molecule has 3 rings (SSSR count). The van der Waals surface area contributed by atoms with Crippen molar-refractivity contribution >= 4 is 17.3 Å². The third-order valence-electron chi connectivity index (χ3n) is 7.96. The molecular weight excluding hydrogens is 502 g/mol. The van der Waals surface area contributed by atoms with Crippen LogP contribution in [0.3, 0.4) is 0 Å². The number of amides is 2. The first-order chi connectivity index (χ1) is 18.6. The molecule has 1 unspecified atom stereocenters. The molecule has 0 radical (unpaired) electrons. The second-order valence-electron chi connectivity index (χ2n) is 10.8. The zero-order chi connectivity index (χ0) is 26.9. The number of nitrogens with zero attached hydrogens (tertiary/aromatic N) is 3. The average molecular weight is 551 g/mol. The minimum Gasteiger partial charge on any atom is -0.760 e. The van der Waals surface area contributed by atoms with E-state index in [-0.39, 0.29) is 11.6 Å². The van der Waals surface area contributed by atoms with Crippen LogP contribution in [0.4, 0.5) is 4.79 Å². The zero-order valence-corrected chi connectivity index (χ0v) is 23.9. The highest BCUT2D eigenvalue weighted by molar-refractivity contribution is 7.76. The van der Waals surface area contributed by atoms with Gasteiger partial charge < -0.3 is 19.9 Å². The Labute approximate surface area is 231 Å². The number of carbonyl (C=O) groups excluding carboxylic acids is 1. The molecule has 2 fully saturated rings. The fourth-order valence-electron chi connectivity index (χ4n) is 5.80. The molecule has 0 spiro atoms. The van der Waals surface area contributed by atoms with Gasteiger partial charge in [-0.05, 0) is 50.3 Å². The standard InChI is InChI=1S/C28H49N5O4S/c34-27(31-25-26-12-10-16-29-24-26)30-17-9-4-2-1-3-6-13-28(14-7-5-8-15-28)33(38(35)36)19-11-18-32-20-22-37-23-21-32/h10,12,16,24H,1-9,11,13-15,17-23,25H2,(H,35,36)(H2,30,31,34)/p-1. The maximum absolute atomic E-state index is 12.3. The highest BCUT2D eigenvalue weighted by Gasteiger charge is 2.38. The normalized spacial score (nSPS) is 18.8. The summed E-state index contributed by atoms with van der Waals surface area (Å²) < 4.78 is 31.9. The molecule has 2 amide bonds. The number of urea groups is 1. The molecular formula is C28H48N5O4S-. The Morgan fingerprint density at radius 1 is 1.05 bits per heavy atom. The van der Waals surface area contributed by atoms with Crippen LogP contribution >= 0.6 is 0 Å². The van der Waals surface area contributed by atoms with Gasteiger partial charge in [0.05, 0.1) is 13.2 Å². The summed E-state index contributed by atoms with van der Waals surface area (Å²) in [7, 11) is 0. The third kappa shape index (κ3) is 11.3. The number of carbonyl (C=O) groups is 1. The van der Waals surface area contributed by atoms with Gasteiger partial charge in [-0.3, -0.25) is 14.1 Å². The molecule has 1 aromatic rings. The molecule has 1 saturated heterocycles. The molecule has 0 aromatic carbocycles. The van der Waals surface area contributed by atoms with Gasteiger partial charge in [-0.1, -0.05) is 57.4 Å². The van der Waals surface area contributed by atoms with E-state index >= 15 is 0 Å². The number of morpholine rings is 1. The first-order valence-electron chi connectivity index (χ1n) is 14.7. The van der Waals surface area contributed by atoms with Gasteiger partial charge in [0.15, 0.2) is 0 Å². The zero-order valence-electron chi connectivity index (χ0n) is 23.0. The van der Waals surface area contributed by atoms with Crippen LogP contribution in [0.5, 0.6) is 0 Å². The second-order valence-corrected chi connectivity index (χ2v) is 11.6. The van der Waals surface area contributed by atoms with E-state index in [0.29, 0.717) is 19.6 Å². The Hall–Kier alpha value is -1.59. The second kappa shape index (κ2) is 17.9. The van der Waals surface area contributed by atoms with Crippen LogP contribution < -0.4 is 10.6 Å². The number of unbranched alkanes of at least 4 members (excludes halogenated alkanes) is 5. The summed E-state index contributed by atoms with van der Waals surface area (Å²) in [5.74, 6) is 0. The van der Waals surface area contributed by atoms with Crippen molar-refractivity contribution in [3.05, 3.63) is 30.1 Å². The monoisotopic (exact) mass is 550 g/mol. The quantitative estimate of drug-likeness (QED) is 0.223. The maximum Gasteiger partial charge on any atom is 0.315 e. The topological polar surface area (TPSA) is 110 Å². The molecule has 1 atom stereocenters. The minimum atomic E-state index is -2.18. The van der Waals surface area contributed by atoms with Crippen molar-refractivity contribution in [2.24, 2.45) is 0 Å². The number of hydrogen-bond acceptors (Lipinski definition) is 6. The number of pyridine rings is 1. The molecule has 216 valence electrons. The highest BCUT2D eigenvalue weighted by Crippen LogP contribution is 2.39. The molecule has 2 aliphatic rings. The summed E-state index contributed by atoms with van der Waals surface area (Å²) in [5.41, 5.74) is 0.790. The fraction of sp³-hybridized carbons (Fsp3) is 0.786. The Bertz CT molecular complexity index is 804. The van der Waals surface area contributed by atoms with Crippen molar-refractivity contribution < 1.29 is 18.3 Å². The predicted molar refractivity (Wildman–Crippen MR) is 150 cm³/mol. The lowest BCUT2D eigenvalue weighted by Crippen LogP contribution is -2.51. The smallest absolute Gasteiger partial charge is 0.315 e. The minimum absolute atomic E-state index is 0.142. The summed E-state index contributed by atoms with van der Waals surface area (Å²) in [6.45, 7) is 6.16. The van der Waals surface area contributed by atoms with E-state index in [2.05, 4.69) is 20.5 Å². The van der Waals surface area contributed by atoms with Crippen LogP contribution in [-0.2, 0) is 22.5 Å². The van der Waals surface area contributed by atoms with E-state index in [1.54, 1.807) is 12.4 Å². The van der Waals surface area contributed by atoms with Gasteiger partial charge in [-0.25, -0.2) is 9.10 Å². The van der Waals surface area contributed by atoms with Crippen molar-refractivity contribution in [1.82, 2.24) is 24.8 Å². The highest BCUT2D eigenvalue weighted by atomic mass is 32.2. The third-order valence-corrected chi connectivity index (χ3v) is 8.89. The van der Waals surface area contributed by atoms with Gasteiger partial charge in [-0.2, -0.15) is 0 Å². The Morgan fingerprint density at radius 2 is 1.79 bits per heavy atom. The summed E-state index contributed by atoms with van der Waals surface area (Å²) >= 11 is -2.18. The molecule has 38 heavy (non-hydrogen) atoms. The Balaban J connectivity index is 1.28. The molecule has 10 heteroatoms. The Morgan fingerprint density at radius 3 is 2.50 bits per heavy atom. The van der Waals surface area contributed by atoms with Gasteiger partial charge in [0.1, 0.15) is 0 Å². The van der Waals surface area contributed by atoms with Crippen LogP contribution in [0.15, 0.2) is 24.5 Å². The van der Waals surface area contributed by atoms with E-state index in [1.807, 2.05) is 16.4 Å². The van der Waals surface area contributed by atoms with Crippen molar-refractivity contribution in [2.45, 2.75) is 95.6 Å². The molecule has 1 saturated carbocycles. The first kappa shape index (κ1) is 30.9. The molecule has 1 aromatic heterocycles. The molecule has 1 aliphatic carbocycles. The van der Waals surface area contributed by atoms with Gasteiger partial charge in [-0.15, -0.1) is 0 Å². The summed E-state index contributed by atoms with van der Waals surface area (Å²) in [4.78, 5) is 18.4. The van der Waals surface area contributed by atoms with Gasteiger partial charge in [0.2, 0.25) is 0 Å².